The molecule has 1 aromatic rings. The molecule has 3 aliphatic rings. The number of fused-ring (bicyclic) bond motifs is 3. The number of phenols is 1. The number of aliphatic hydroxyl groups excluding tert-OH is 2. The average molecular weight is 551 g/mol. The number of carbonyl (C=O) groups excluding carboxylic acids is 3. The number of hydrogen-bond acceptors (Lipinski definition) is 9. The minimum absolute atomic E-state index is 0.000901. The van der Waals surface area contributed by atoms with Crippen LogP contribution in [0, 0.1) is 23.7 Å². The highest BCUT2D eigenvalue weighted by Gasteiger charge is 2.63. The van der Waals surface area contributed by atoms with Crippen molar-refractivity contribution in [3.63, 3.8) is 0 Å². The number of Topliss-reactive ketones (excluding diaryl/α,β-unsaturated/α-hetero) is 3. The van der Waals surface area contributed by atoms with Crippen molar-refractivity contribution in [1.82, 2.24) is 9.80 Å². The summed E-state index contributed by atoms with van der Waals surface area (Å²) in [5.41, 5.74) is -2.24. The third kappa shape index (κ3) is 4.35. The first kappa shape index (κ1) is 29.5. The summed E-state index contributed by atoms with van der Waals surface area (Å²) in [4.78, 5) is 43.5. The number of rotatable bonds is 3. The quantitative estimate of drug-likeness (QED) is 0.330. The van der Waals surface area contributed by atoms with E-state index >= 15 is 0 Å². The van der Waals surface area contributed by atoms with E-state index < -0.39 is 63.3 Å². The van der Waals surface area contributed by atoms with E-state index in [2.05, 4.69) is 11.8 Å². The van der Waals surface area contributed by atoms with Gasteiger partial charge in [-0.05, 0) is 70.9 Å². The molecule has 0 saturated heterocycles. The molecule has 0 radical (unpaired) electrons. The standard InChI is InChI=1S/C31H38N2O7/c1-15(34)21-27(37)24(33(7)8)19-14-17-12-18-16(10-9-11-32(5)6)13-20(30(2,3)4)25(35)23(18)26(36)22(17)29(39)31(19,40)28(21)38/h13,17,19,24,35,37,39-40H,11-12,14H2,1-8H3/t17-,19-,24-,31+/m0/s1. The van der Waals surface area contributed by atoms with Gasteiger partial charge in [-0.3, -0.25) is 24.2 Å². The largest absolute Gasteiger partial charge is 0.510 e. The van der Waals surface area contributed by atoms with Crippen LogP contribution in [0.25, 0.3) is 0 Å². The highest BCUT2D eigenvalue weighted by atomic mass is 16.3. The number of benzene rings is 1. The van der Waals surface area contributed by atoms with Crippen molar-refractivity contribution in [2.45, 2.75) is 57.6 Å². The van der Waals surface area contributed by atoms with Crippen LogP contribution in [0.5, 0.6) is 5.75 Å². The number of carbonyl (C=O) groups is 3. The average Bonchev–Trinajstić information content (AvgIpc) is 2.81. The van der Waals surface area contributed by atoms with Gasteiger partial charge in [0.15, 0.2) is 17.2 Å². The number of phenolic OH excluding ortho intramolecular Hbond substituents is 1. The summed E-state index contributed by atoms with van der Waals surface area (Å²) in [6.45, 7) is 7.28. The van der Waals surface area contributed by atoms with Crippen molar-refractivity contribution in [2.24, 2.45) is 11.8 Å². The maximum absolute atomic E-state index is 14.1. The van der Waals surface area contributed by atoms with E-state index in [4.69, 9.17) is 0 Å². The zero-order valence-electron chi connectivity index (χ0n) is 24.3. The van der Waals surface area contributed by atoms with Gasteiger partial charge in [0.2, 0.25) is 5.78 Å². The number of aliphatic hydroxyl groups is 3. The summed E-state index contributed by atoms with van der Waals surface area (Å²) < 4.78 is 0. The first-order valence-corrected chi connectivity index (χ1v) is 13.3. The predicted molar refractivity (Wildman–Crippen MR) is 149 cm³/mol. The highest BCUT2D eigenvalue weighted by molar-refractivity contribution is 6.25. The number of allylic oxidation sites excluding steroid dienone is 1. The SMILES string of the molecule is CC(=O)C1=C(O)[C@@H](N(C)C)[C@@H]2C[C@@H]3Cc4c(C#CCN(C)C)cc(C(C)(C)C)c(O)c4C(=O)C3=C(O)[C@]2(O)C1=O. The van der Waals surface area contributed by atoms with E-state index in [-0.39, 0.29) is 29.7 Å². The zero-order valence-corrected chi connectivity index (χ0v) is 24.3. The number of aromatic hydroxyl groups is 1. The minimum Gasteiger partial charge on any atom is -0.510 e. The molecule has 0 unspecified atom stereocenters. The van der Waals surface area contributed by atoms with Crippen LogP contribution in [0.2, 0.25) is 0 Å². The fraction of sp³-hybridized carbons (Fsp3) is 0.516. The van der Waals surface area contributed by atoms with Gasteiger partial charge in [-0.2, -0.15) is 0 Å². The summed E-state index contributed by atoms with van der Waals surface area (Å²) in [6, 6.07) is 0.844. The molecule has 0 fully saturated rings. The molecular weight excluding hydrogens is 512 g/mol. The van der Waals surface area contributed by atoms with Gasteiger partial charge in [-0.1, -0.05) is 32.6 Å². The van der Waals surface area contributed by atoms with E-state index in [0.717, 1.165) is 6.92 Å². The summed E-state index contributed by atoms with van der Waals surface area (Å²) in [7, 11) is 7.05. The van der Waals surface area contributed by atoms with Crippen LogP contribution < -0.4 is 0 Å². The second-order valence-electron chi connectivity index (χ2n) is 12.6. The van der Waals surface area contributed by atoms with Crippen LogP contribution in [0.1, 0.15) is 61.2 Å². The van der Waals surface area contributed by atoms with Gasteiger partial charge in [0, 0.05) is 22.6 Å². The lowest BCUT2D eigenvalue weighted by Gasteiger charge is -2.50. The van der Waals surface area contributed by atoms with Crippen LogP contribution >= 0.6 is 0 Å². The van der Waals surface area contributed by atoms with Gasteiger partial charge < -0.3 is 20.4 Å². The van der Waals surface area contributed by atoms with E-state index in [9.17, 15) is 34.8 Å². The van der Waals surface area contributed by atoms with Gasteiger partial charge in [0.25, 0.3) is 0 Å². The molecule has 4 rings (SSSR count). The Morgan fingerprint density at radius 2 is 1.75 bits per heavy atom. The van der Waals surface area contributed by atoms with Crippen molar-refractivity contribution in [3.8, 4) is 17.6 Å². The maximum Gasteiger partial charge on any atom is 0.209 e. The Morgan fingerprint density at radius 3 is 2.27 bits per heavy atom. The summed E-state index contributed by atoms with van der Waals surface area (Å²) in [6.07, 6.45) is 0.284. The molecule has 1 aromatic carbocycles. The number of nitrogens with zero attached hydrogens (tertiary/aromatic N) is 2. The zero-order chi connectivity index (χ0) is 30.1. The molecule has 9 nitrogen and oxygen atoms in total. The Hall–Kier alpha value is -3.45. The Balaban J connectivity index is 1.99. The molecule has 0 amide bonds. The molecule has 4 atom stereocenters. The predicted octanol–water partition coefficient (Wildman–Crippen LogP) is 2.43. The maximum atomic E-state index is 14.1. The van der Waals surface area contributed by atoms with Crippen LogP contribution in [0.4, 0.5) is 0 Å². The number of hydrogen-bond donors (Lipinski definition) is 4. The Kier molecular flexibility index (Phi) is 7.29. The molecule has 0 spiro atoms. The Bertz CT molecular complexity index is 1450. The first-order valence-electron chi connectivity index (χ1n) is 13.3. The van der Waals surface area contributed by atoms with Gasteiger partial charge in [0.05, 0.1) is 18.2 Å². The lowest BCUT2D eigenvalue weighted by atomic mass is 9.58. The van der Waals surface area contributed by atoms with Gasteiger partial charge >= 0.3 is 0 Å². The molecule has 0 bridgehead atoms. The van der Waals surface area contributed by atoms with Crippen molar-refractivity contribution < 1.29 is 34.8 Å². The molecule has 0 heterocycles. The number of ketones is 3. The molecule has 9 heteroatoms. The topological polar surface area (TPSA) is 139 Å². The second-order valence-corrected chi connectivity index (χ2v) is 12.6. The number of likely N-dealkylation sites (N-methyl/N-ethyl adjacent to an activating group) is 1. The van der Waals surface area contributed by atoms with E-state index in [0.29, 0.717) is 23.2 Å². The minimum atomic E-state index is -2.59. The van der Waals surface area contributed by atoms with Crippen LogP contribution in [-0.4, -0.2) is 94.0 Å². The second kappa shape index (κ2) is 9.88. The molecule has 0 saturated carbocycles. The normalized spacial score (nSPS) is 26.4. The van der Waals surface area contributed by atoms with E-state index in [1.54, 1.807) is 25.1 Å². The Morgan fingerprint density at radius 1 is 1.12 bits per heavy atom. The van der Waals surface area contributed by atoms with Gasteiger partial charge in [-0.25, -0.2) is 0 Å². The molecule has 4 N–H and O–H groups in total. The first-order chi connectivity index (χ1) is 18.4. The van der Waals surface area contributed by atoms with E-state index in [1.165, 1.54) is 0 Å². The third-order valence-corrected chi connectivity index (χ3v) is 8.25. The lowest BCUT2D eigenvalue weighted by Crippen LogP contribution is -2.63. The summed E-state index contributed by atoms with van der Waals surface area (Å²) in [5.74, 6) is 0.528. The van der Waals surface area contributed by atoms with Gasteiger partial charge in [-0.15, -0.1) is 0 Å². The van der Waals surface area contributed by atoms with Crippen molar-refractivity contribution in [1.29, 1.82) is 0 Å². The monoisotopic (exact) mass is 550 g/mol. The van der Waals surface area contributed by atoms with E-state index in [1.807, 2.05) is 39.8 Å². The lowest BCUT2D eigenvalue weighted by molar-refractivity contribution is -0.148. The van der Waals surface area contributed by atoms with Crippen molar-refractivity contribution >= 4 is 17.3 Å². The fourth-order valence-electron chi connectivity index (χ4n) is 6.40. The fourth-order valence-corrected chi connectivity index (χ4v) is 6.40. The molecule has 214 valence electrons. The van der Waals surface area contributed by atoms with Crippen LogP contribution in [0.15, 0.2) is 28.7 Å². The van der Waals surface area contributed by atoms with Crippen LogP contribution in [-0.2, 0) is 21.4 Å². The highest BCUT2D eigenvalue weighted by Crippen LogP contribution is 2.53. The summed E-state index contributed by atoms with van der Waals surface area (Å²) >= 11 is 0. The Labute approximate surface area is 234 Å². The molecular formula is C31H38N2O7. The molecule has 0 aromatic heterocycles. The molecule has 0 aliphatic heterocycles. The van der Waals surface area contributed by atoms with Crippen molar-refractivity contribution in [2.75, 3.05) is 34.7 Å². The summed E-state index contributed by atoms with van der Waals surface area (Å²) in [5, 5.41) is 45.7. The van der Waals surface area contributed by atoms with Crippen LogP contribution in [0.3, 0.4) is 0 Å². The smallest absolute Gasteiger partial charge is 0.209 e. The molecule has 3 aliphatic carbocycles. The van der Waals surface area contributed by atoms with Crippen molar-refractivity contribution in [3.05, 3.63) is 51.0 Å². The molecule has 40 heavy (non-hydrogen) atoms. The van der Waals surface area contributed by atoms with Gasteiger partial charge in [0.1, 0.15) is 22.8 Å². The third-order valence-electron chi connectivity index (χ3n) is 8.25.